The molecule has 0 aliphatic carbocycles. The van der Waals surface area contributed by atoms with Gasteiger partial charge in [-0.1, -0.05) is 6.07 Å². The van der Waals surface area contributed by atoms with Gasteiger partial charge in [-0.2, -0.15) is 0 Å². The average Bonchev–Trinajstić information content (AvgIpc) is 2.14. The third kappa shape index (κ3) is 3.02. The Morgan fingerprint density at radius 1 is 1.47 bits per heavy atom. The van der Waals surface area contributed by atoms with E-state index in [-0.39, 0.29) is 12.1 Å². The predicted octanol–water partition coefficient (Wildman–Crippen LogP) is 0.803. The molecule has 0 unspecified atom stereocenters. The minimum absolute atomic E-state index is 0.140. The van der Waals surface area contributed by atoms with Crippen LogP contribution >= 0.6 is 15.9 Å². The lowest BCUT2D eigenvalue weighted by Crippen LogP contribution is -2.33. The van der Waals surface area contributed by atoms with Gasteiger partial charge in [0.15, 0.2) is 0 Å². The molecular formula is C9H8BrFN2O2. The van der Waals surface area contributed by atoms with Crippen molar-refractivity contribution in [2.45, 2.75) is 0 Å². The van der Waals surface area contributed by atoms with Crippen LogP contribution in [0.3, 0.4) is 0 Å². The van der Waals surface area contributed by atoms with Crippen LogP contribution in [0.25, 0.3) is 0 Å². The van der Waals surface area contributed by atoms with Gasteiger partial charge >= 0.3 is 0 Å². The van der Waals surface area contributed by atoms with Gasteiger partial charge in [0.2, 0.25) is 5.91 Å². The summed E-state index contributed by atoms with van der Waals surface area (Å²) in [5.74, 6) is -2.03. The number of primary amides is 1. The van der Waals surface area contributed by atoms with Crippen molar-refractivity contribution >= 4 is 27.7 Å². The maximum absolute atomic E-state index is 13.2. The van der Waals surface area contributed by atoms with Crippen molar-refractivity contribution in [3.63, 3.8) is 0 Å². The molecule has 0 aromatic heterocycles. The fourth-order valence-corrected chi connectivity index (χ4v) is 1.49. The van der Waals surface area contributed by atoms with Gasteiger partial charge < -0.3 is 11.1 Å². The molecule has 15 heavy (non-hydrogen) atoms. The van der Waals surface area contributed by atoms with E-state index in [1.807, 2.05) is 0 Å². The topological polar surface area (TPSA) is 72.2 Å². The molecule has 1 rings (SSSR count). The Kier molecular flexibility index (Phi) is 3.79. The Morgan fingerprint density at radius 3 is 2.67 bits per heavy atom. The predicted molar refractivity (Wildman–Crippen MR) is 55.6 cm³/mol. The maximum atomic E-state index is 13.2. The molecule has 4 nitrogen and oxygen atoms in total. The lowest BCUT2D eigenvalue weighted by Gasteiger charge is -2.05. The van der Waals surface area contributed by atoms with Crippen molar-refractivity contribution in [3.8, 4) is 0 Å². The lowest BCUT2D eigenvalue weighted by molar-refractivity contribution is -0.117. The molecule has 0 saturated heterocycles. The van der Waals surface area contributed by atoms with Crippen LogP contribution in [0.5, 0.6) is 0 Å². The second kappa shape index (κ2) is 4.88. The van der Waals surface area contributed by atoms with Crippen molar-refractivity contribution in [3.05, 3.63) is 34.1 Å². The molecule has 6 heteroatoms. The highest BCUT2D eigenvalue weighted by Crippen LogP contribution is 2.19. The molecule has 0 radical (unpaired) electrons. The Hall–Kier alpha value is -1.43. The first kappa shape index (κ1) is 11.6. The summed E-state index contributed by atoms with van der Waals surface area (Å²) in [6.07, 6.45) is 0. The van der Waals surface area contributed by atoms with E-state index in [0.717, 1.165) is 6.07 Å². The van der Waals surface area contributed by atoms with Crippen LogP contribution in [0, 0.1) is 5.82 Å². The molecule has 3 N–H and O–H groups in total. The number of carbonyl (C=O) groups is 2. The van der Waals surface area contributed by atoms with Crippen LogP contribution in [0.2, 0.25) is 0 Å². The summed E-state index contributed by atoms with van der Waals surface area (Å²) in [4.78, 5) is 21.8. The molecule has 0 heterocycles. The molecule has 80 valence electrons. The SMILES string of the molecule is NC(=O)CNC(=O)c1c(F)cccc1Br. The fraction of sp³-hybridized carbons (Fsp3) is 0.111. The first-order chi connectivity index (χ1) is 7.02. The van der Waals surface area contributed by atoms with Crippen LogP contribution < -0.4 is 11.1 Å². The lowest BCUT2D eigenvalue weighted by atomic mass is 10.2. The van der Waals surface area contributed by atoms with E-state index in [1.54, 1.807) is 0 Å². The maximum Gasteiger partial charge on any atom is 0.255 e. The first-order valence-electron chi connectivity index (χ1n) is 4.03. The van der Waals surface area contributed by atoms with Crippen molar-refractivity contribution in [2.75, 3.05) is 6.54 Å². The number of halogens is 2. The minimum atomic E-state index is -0.684. The summed E-state index contributed by atoms with van der Waals surface area (Å²) in [5, 5.41) is 2.20. The molecule has 0 fully saturated rings. The standard InChI is InChI=1S/C9H8BrFN2O2/c10-5-2-1-3-6(11)8(5)9(15)13-4-7(12)14/h1-3H,4H2,(H2,12,14)(H,13,15). The number of nitrogens with two attached hydrogens (primary N) is 1. The van der Waals surface area contributed by atoms with Gasteiger partial charge in [0.05, 0.1) is 12.1 Å². The van der Waals surface area contributed by atoms with Crippen molar-refractivity contribution < 1.29 is 14.0 Å². The van der Waals surface area contributed by atoms with Crippen molar-refractivity contribution in [1.29, 1.82) is 0 Å². The summed E-state index contributed by atoms with van der Waals surface area (Å²) >= 11 is 3.04. The van der Waals surface area contributed by atoms with Gasteiger partial charge in [-0.25, -0.2) is 4.39 Å². The number of hydrogen-bond donors (Lipinski definition) is 2. The summed E-state index contributed by atoms with van der Waals surface area (Å²) in [7, 11) is 0. The molecule has 0 bridgehead atoms. The van der Waals surface area contributed by atoms with E-state index in [2.05, 4.69) is 21.2 Å². The van der Waals surface area contributed by atoms with E-state index >= 15 is 0 Å². The smallest absolute Gasteiger partial charge is 0.255 e. The first-order valence-corrected chi connectivity index (χ1v) is 4.82. The zero-order valence-electron chi connectivity index (χ0n) is 7.59. The van der Waals surface area contributed by atoms with Gasteiger partial charge in [0.25, 0.3) is 5.91 Å². The quantitative estimate of drug-likeness (QED) is 0.856. The zero-order valence-corrected chi connectivity index (χ0v) is 9.17. The van der Waals surface area contributed by atoms with E-state index in [0.29, 0.717) is 4.47 Å². The number of rotatable bonds is 3. The van der Waals surface area contributed by atoms with E-state index in [9.17, 15) is 14.0 Å². The molecule has 0 atom stereocenters. The highest BCUT2D eigenvalue weighted by Gasteiger charge is 2.15. The minimum Gasteiger partial charge on any atom is -0.368 e. The monoisotopic (exact) mass is 274 g/mol. The highest BCUT2D eigenvalue weighted by molar-refractivity contribution is 9.10. The third-order valence-corrected chi connectivity index (χ3v) is 2.27. The van der Waals surface area contributed by atoms with Crippen LogP contribution in [0.4, 0.5) is 4.39 Å². The molecule has 0 aliphatic heterocycles. The fourth-order valence-electron chi connectivity index (χ4n) is 0.971. The van der Waals surface area contributed by atoms with Gasteiger partial charge in [-0.05, 0) is 28.1 Å². The summed E-state index contributed by atoms with van der Waals surface area (Å²) < 4.78 is 13.5. The highest BCUT2D eigenvalue weighted by atomic mass is 79.9. The molecule has 0 spiro atoms. The Bertz CT molecular complexity index is 389. The molecular weight excluding hydrogens is 267 g/mol. The van der Waals surface area contributed by atoms with Gasteiger partial charge in [0.1, 0.15) is 5.82 Å². The number of hydrogen-bond acceptors (Lipinski definition) is 2. The van der Waals surface area contributed by atoms with Gasteiger partial charge in [-0.15, -0.1) is 0 Å². The Balaban J connectivity index is 2.86. The van der Waals surface area contributed by atoms with Crippen molar-refractivity contribution in [1.82, 2.24) is 5.32 Å². The van der Waals surface area contributed by atoms with Crippen molar-refractivity contribution in [2.24, 2.45) is 5.73 Å². The van der Waals surface area contributed by atoms with Gasteiger partial charge in [-0.3, -0.25) is 9.59 Å². The molecule has 1 aromatic rings. The summed E-state index contributed by atoms with van der Waals surface area (Å²) in [5.41, 5.74) is 4.70. The Morgan fingerprint density at radius 2 is 2.13 bits per heavy atom. The molecule has 0 aliphatic rings. The molecule has 1 aromatic carbocycles. The largest absolute Gasteiger partial charge is 0.368 e. The van der Waals surface area contributed by atoms with Crippen LogP contribution in [0.1, 0.15) is 10.4 Å². The third-order valence-electron chi connectivity index (χ3n) is 1.61. The second-order valence-electron chi connectivity index (χ2n) is 2.75. The van der Waals surface area contributed by atoms with E-state index in [4.69, 9.17) is 5.73 Å². The van der Waals surface area contributed by atoms with Crippen LogP contribution in [0.15, 0.2) is 22.7 Å². The van der Waals surface area contributed by atoms with E-state index in [1.165, 1.54) is 12.1 Å². The van der Waals surface area contributed by atoms with Crippen LogP contribution in [-0.4, -0.2) is 18.4 Å². The average molecular weight is 275 g/mol. The normalized spacial score (nSPS) is 9.73. The summed E-state index contributed by atoms with van der Waals surface area (Å²) in [6, 6.07) is 4.15. The zero-order chi connectivity index (χ0) is 11.4. The molecule has 0 saturated carbocycles. The second-order valence-corrected chi connectivity index (χ2v) is 3.60. The number of benzene rings is 1. The number of amides is 2. The summed E-state index contributed by atoms with van der Waals surface area (Å²) in [6.45, 7) is -0.320. The Labute approximate surface area is 93.8 Å². The van der Waals surface area contributed by atoms with Crippen LogP contribution in [-0.2, 0) is 4.79 Å². The van der Waals surface area contributed by atoms with E-state index < -0.39 is 17.6 Å². The number of nitrogens with one attached hydrogen (secondary N) is 1. The number of carbonyl (C=O) groups excluding carboxylic acids is 2. The molecule has 2 amide bonds. The van der Waals surface area contributed by atoms with Gasteiger partial charge in [0, 0.05) is 4.47 Å².